The van der Waals surface area contributed by atoms with E-state index in [1.165, 1.54) is 5.56 Å². The first-order valence-corrected chi connectivity index (χ1v) is 10.8. The van der Waals surface area contributed by atoms with Gasteiger partial charge in [-0.15, -0.1) is 0 Å². The summed E-state index contributed by atoms with van der Waals surface area (Å²) in [5, 5.41) is 3.12. The number of carbonyl (C=O) groups excluding carboxylic acids is 2. The molecule has 2 unspecified atom stereocenters. The number of amides is 2. The second-order valence-electron chi connectivity index (χ2n) is 8.04. The number of imidazole rings is 1. The number of nitrogens with one attached hydrogen (secondary N) is 1. The number of aromatic nitrogens is 2. The van der Waals surface area contributed by atoms with Crippen LogP contribution in [-0.2, 0) is 23.1 Å². The van der Waals surface area contributed by atoms with Crippen molar-refractivity contribution in [3.8, 4) is 5.75 Å². The highest BCUT2D eigenvalue weighted by Crippen LogP contribution is 2.28. The van der Waals surface area contributed by atoms with Gasteiger partial charge in [0.1, 0.15) is 17.6 Å². The van der Waals surface area contributed by atoms with Crippen LogP contribution in [0, 0.1) is 5.92 Å². The van der Waals surface area contributed by atoms with Gasteiger partial charge in [0.15, 0.2) is 0 Å². The van der Waals surface area contributed by atoms with Gasteiger partial charge in [-0.1, -0.05) is 31.2 Å². The van der Waals surface area contributed by atoms with Crippen molar-refractivity contribution in [3.63, 3.8) is 0 Å². The Bertz CT molecular complexity index is 1090. The number of ether oxygens (including phenoxy) is 1. The van der Waals surface area contributed by atoms with E-state index >= 15 is 0 Å². The molecule has 32 heavy (non-hydrogen) atoms. The molecule has 7 nitrogen and oxygen atoms in total. The summed E-state index contributed by atoms with van der Waals surface area (Å²) in [6.07, 6.45) is 4.69. The molecule has 0 radical (unpaired) electrons. The molecule has 1 aromatic heterocycles. The van der Waals surface area contributed by atoms with Gasteiger partial charge >= 0.3 is 0 Å². The fourth-order valence-electron chi connectivity index (χ4n) is 4.05. The Morgan fingerprint density at radius 2 is 1.91 bits per heavy atom. The molecule has 2 heterocycles. The first kappa shape index (κ1) is 21.6. The molecule has 166 valence electrons. The minimum atomic E-state index is -0.429. The zero-order valence-electron chi connectivity index (χ0n) is 18.6. The molecule has 4 rings (SSSR count). The molecule has 2 atom stereocenters. The van der Waals surface area contributed by atoms with Gasteiger partial charge in [0.2, 0.25) is 11.8 Å². The largest absolute Gasteiger partial charge is 0.497 e. The highest BCUT2D eigenvalue weighted by atomic mass is 16.5. The summed E-state index contributed by atoms with van der Waals surface area (Å²) in [5.41, 5.74) is 2.94. The first-order chi connectivity index (χ1) is 15.5. The first-order valence-electron chi connectivity index (χ1n) is 10.8. The fourth-order valence-corrected chi connectivity index (χ4v) is 4.05. The number of hydrogen-bond acceptors (Lipinski definition) is 4. The predicted octanol–water partition coefficient (Wildman–Crippen LogP) is 3.25. The zero-order chi connectivity index (χ0) is 22.7. The average molecular weight is 433 g/mol. The van der Waals surface area contributed by atoms with Crippen molar-refractivity contribution < 1.29 is 14.3 Å². The van der Waals surface area contributed by atoms with Crippen molar-refractivity contribution in [2.45, 2.75) is 25.8 Å². The van der Waals surface area contributed by atoms with Crippen LogP contribution in [0.5, 0.6) is 5.75 Å². The maximum Gasteiger partial charge on any atom is 0.227 e. The van der Waals surface area contributed by atoms with Crippen LogP contribution in [0.3, 0.4) is 0 Å². The minimum Gasteiger partial charge on any atom is -0.497 e. The number of rotatable bonds is 7. The monoisotopic (exact) mass is 432 g/mol. The lowest BCUT2D eigenvalue weighted by molar-refractivity contribution is -0.126. The van der Waals surface area contributed by atoms with Crippen molar-refractivity contribution in [2.24, 2.45) is 13.0 Å². The number of anilines is 1. The molecule has 1 saturated heterocycles. The Morgan fingerprint density at radius 3 is 2.50 bits per heavy atom. The van der Waals surface area contributed by atoms with Gasteiger partial charge in [-0.3, -0.25) is 9.59 Å². The van der Waals surface area contributed by atoms with E-state index in [-0.39, 0.29) is 18.2 Å². The highest BCUT2D eigenvalue weighted by Gasteiger charge is 2.36. The Labute approximate surface area is 188 Å². The second kappa shape index (κ2) is 9.26. The van der Waals surface area contributed by atoms with Gasteiger partial charge in [0.05, 0.1) is 13.0 Å². The lowest BCUT2D eigenvalue weighted by Gasteiger charge is -2.22. The van der Waals surface area contributed by atoms with Gasteiger partial charge in [-0.2, -0.15) is 0 Å². The van der Waals surface area contributed by atoms with Crippen molar-refractivity contribution in [2.75, 3.05) is 18.6 Å². The summed E-state index contributed by atoms with van der Waals surface area (Å²) >= 11 is 0. The lowest BCUT2D eigenvalue weighted by Crippen LogP contribution is -2.37. The minimum absolute atomic E-state index is 0.0348. The number of carbonyl (C=O) groups is 2. The van der Waals surface area contributed by atoms with Crippen LogP contribution in [-0.4, -0.2) is 35.0 Å². The van der Waals surface area contributed by atoms with Gasteiger partial charge in [0.25, 0.3) is 0 Å². The molecule has 0 saturated carbocycles. The number of hydrogen-bond donors (Lipinski definition) is 1. The average Bonchev–Trinajstić information content (AvgIpc) is 3.43. The second-order valence-corrected chi connectivity index (χ2v) is 8.04. The van der Waals surface area contributed by atoms with Crippen LogP contribution in [0.4, 0.5) is 5.69 Å². The maximum absolute atomic E-state index is 13.2. The topological polar surface area (TPSA) is 76.5 Å². The maximum atomic E-state index is 13.2. The molecule has 2 amide bonds. The summed E-state index contributed by atoms with van der Waals surface area (Å²) in [6, 6.07) is 15.1. The molecule has 1 aliphatic rings. The summed E-state index contributed by atoms with van der Waals surface area (Å²) in [6.45, 7) is 2.46. The fraction of sp³-hybridized carbons (Fsp3) is 0.320. The van der Waals surface area contributed by atoms with E-state index < -0.39 is 12.0 Å². The Morgan fingerprint density at radius 1 is 1.19 bits per heavy atom. The summed E-state index contributed by atoms with van der Waals surface area (Å²) < 4.78 is 7.14. The van der Waals surface area contributed by atoms with Crippen LogP contribution >= 0.6 is 0 Å². The van der Waals surface area contributed by atoms with E-state index in [0.29, 0.717) is 6.54 Å². The van der Waals surface area contributed by atoms with Gasteiger partial charge in [0, 0.05) is 38.1 Å². The van der Waals surface area contributed by atoms with Gasteiger partial charge in [-0.05, 0) is 41.8 Å². The van der Waals surface area contributed by atoms with E-state index in [2.05, 4.69) is 17.2 Å². The van der Waals surface area contributed by atoms with Crippen LogP contribution in [0.15, 0.2) is 60.9 Å². The van der Waals surface area contributed by atoms with Crippen molar-refractivity contribution >= 4 is 17.5 Å². The molecule has 0 spiro atoms. The van der Waals surface area contributed by atoms with E-state index in [4.69, 9.17) is 4.74 Å². The van der Waals surface area contributed by atoms with Crippen LogP contribution in [0.2, 0.25) is 0 Å². The third-order valence-corrected chi connectivity index (χ3v) is 6.00. The van der Waals surface area contributed by atoms with Gasteiger partial charge in [-0.25, -0.2) is 4.98 Å². The standard InChI is InChI=1S/C25H28N4O3/c1-4-17-5-9-20(10-6-17)29-16-19(15-22(29)30)25(31)27-23(24-26-13-14-28(24)2)18-7-11-21(32-3)12-8-18/h5-14,19,23H,4,15-16H2,1-3H3,(H,27,31). The van der Waals surface area contributed by atoms with E-state index in [0.717, 1.165) is 29.2 Å². The molecule has 3 aromatic rings. The Kier molecular flexibility index (Phi) is 6.25. The molecular weight excluding hydrogens is 404 g/mol. The predicted molar refractivity (Wildman–Crippen MR) is 122 cm³/mol. The smallest absolute Gasteiger partial charge is 0.227 e. The Hall–Kier alpha value is -3.61. The number of benzene rings is 2. The lowest BCUT2D eigenvalue weighted by atomic mass is 10.0. The van der Waals surface area contributed by atoms with Gasteiger partial charge < -0.3 is 19.5 Å². The molecule has 7 heteroatoms. The summed E-state index contributed by atoms with van der Waals surface area (Å²) in [4.78, 5) is 32.0. The SMILES string of the molecule is CCc1ccc(N2CC(C(=O)NC(c3ccc(OC)cc3)c3nccn3C)CC2=O)cc1. The number of nitrogens with zero attached hydrogens (tertiary/aromatic N) is 3. The summed E-state index contributed by atoms with van der Waals surface area (Å²) in [5.74, 6) is 0.848. The highest BCUT2D eigenvalue weighted by molar-refractivity contribution is 6.00. The third kappa shape index (κ3) is 4.37. The van der Waals surface area contributed by atoms with Crippen LogP contribution in [0.1, 0.15) is 36.3 Å². The molecule has 0 aliphatic carbocycles. The molecule has 0 bridgehead atoms. The number of methoxy groups -OCH3 is 1. The van der Waals surface area contributed by atoms with Crippen LogP contribution < -0.4 is 15.0 Å². The van der Waals surface area contributed by atoms with Crippen molar-refractivity contribution in [1.82, 2.24) is 14.9 Å². The van der Waals surface area contributed by atoms with Crippen molar-refractivity contribution in [1.29, 1.82) is 0 Å². The number of aryl methyl sites for hydroxylation is 2. The third-order valence-electron chi connectivity index (χ3n) is 6.00. The van der Waals surface area contributed by atoms with Crippen molar-refractivity contribution in [3.05, 3.63) is 77.9 Å². The van der Waals surface area contributed by atoms with E-state index in [1.54, 1.807) is 18.2 Å². The Balaban J connectivity index is 1.53. The van der Waals surface area contributed by atoms with Crippen LogP contribution in [0.25, 0.3) is 0 Å². The van der Waals surface area contributed by atoms with E-state index in [9.17, 15) is 9.59 Å². The molecule has 2 aromatic carbocycles. The molecule has 1 aliphatic heterocycles. The zero-order valence-corrected chi connectivity index (χ0v) is 18.6. The summed E-state index contributed by atoms with van der Waals surface area (Å²) in [7, 11) is 3.51. The van der Waals surface area contributed by atoms with E-state index in [1.807, 2.05) is 66.3 Å². The molecule has 1 fully saturated rings. The quantitative estimate of drug-likeness (QED) is 0.622. The molecule has 1 N–H and O–H groups in total. The normalized spacial score (nSPS) is 16.8. The molecular formula is C25H28N4O3.